The van der Waals surface area contributed by atoms with Crippen molar-refractivity contribution >= 4 is 0 Å². The quantitative estimate of drug-likeness (QED) is 0.796. The van der Waals surface area contributed by atoms with Crippen LogP contribution in [-0.2, 0) is 6.54 Å². The lowest BCUT2D eigenvalue weighted by molar-refractivity contribution is 0.244. The number of aromatic nitrogens is 2. The lowest BCUT2D eigenvalue weighted by Crippen LogP contribution is -2.30. The van der Waals surface area contributed by atoms with E-state index in [1.165, 1.54) is 18.5 Å². The van der Waals surface area contributed by atoms with Crippen molar-refractivity contribution in [3.63, 3.8) is 0 Å². The normalized spacial score (nSPS) is 19.6. The fraction of sp³-hybridized carbons (Fsp3) is 0.727. The maximum absolute atomic E-state index is 8.95. The van der Waals surface area contributed by atoms with Gasteiger partial charge in [-0.1, -0.05) is 0 Å². The number of aliphatic hydroxyl groups excluding tert-OH is 1. The van der Waals surface area contributed by atoms with Crippen LogP contribution in [0.4, 0.5) is 0 Å². The van der Waals surface area contributed by atoms with Gasteiger partial charge in [0.2, 0.25) is 0 Å². The second kappa shape index (κ2) is 4.77. The standard InChI is InChI=1S/C11H19N3O/c1-13-4-2-10(3-5-13)11-8-12-9-14(11)6-7-15/h8-10,15H,2-7H2,1H3. The highest BCUT2D eigenvalue weighted by Gasteiger charge is 2.20. The SMILES string of the molecule is CN1CCC(c2cncn2CCO)CC1. The molecule has 0 aromatic carbocycles. The number of hydrogen-bond acceptors (Lipinski definition) is 3. The Morgan fingerprint density at radius 1 is 1.47 bits per heavy atom. The van der Waals surface area contributed by atoms with E-state index in [2.05, 4.69) is 21.5 Å². The van der Waals surface area contributed by atoms with Crippen molar-refractivity contribution in [3.8, 4) is 0 Å². The highest BCUT2D eigenvalue weighted by atomic mass is 16.3. The van der Waals surface area contributed by atoms with E-state index in [1.54, 1.807) is 0 Å². The molecule has 0 unspecified atom stereocenters. The van der Waals surface area contributed by atoms with Crippen molar-refractivity contribution in [1.29, 1.82) is 0 Å². The Hall–Kier alpha value is -0.870. The highest BCUT2D eigenvalue weighted by Crippen LogP contribution is 2.26. The van der Waals surface area contributed by atoms with Crippen molar-refractivity contribution < 1.29 is 5.11 Å². The van der Waals surface area contributed by atoms with Crippen LogP contribution in [0.25, 0.3) is 0 Å². The summed E-state index contributed by atoms with van der Waals surface area (Å²) in [6, 6.07) is 0. The van der Waals surface area contributed by atoms with E-state index in [0.717, 1.165) is 13.1 Å². The van der Waals surface area contributed by atoms with Gasteiger partial charge >= 0.3 is 0 Å². The third-order valence-corrected chi connectivity index (χ3v) is 3.22. The van der Waals surface area contributed by atoms with E-state index in [1.807, 2.05) is 12.5 Å². The number of aliphatic hydroxyl groups is 1. The Bertz CT molecular complexity index is 303. The maximum atomic E-state index is 8.95. The van der Waals surface area contributed by atoms with Gasteiger partial charge in [-0.15, -0.1) is 0 Å². The smallest absolute Gasteiger partial charge is 0.0949 e. The molecule has 0 bridgehead atoms. The molecule has 0 aliphatic carbocycles. The Morgan fingerprint density at radius 2 is 2.20 bits per heavy atom. The third-order valence-electron chi connectivity index (χ3n) is 3.22. The summed E-state index contributed by atoms with van der Waals surface area (Å²) in [4.78, 5) is 6.54. The van der Waals surface area contributed by atoms with E-state index in [9.17, 15) is 0 Å². The molecule has 84 valence electrons. The van der Waals surface area contributed by atoms with Gasteiger partial charge in [0.25, 0.3) is 0 Å². The molecule has 1 aromatic rings. The minimum absolute atomic E-state index is 0.190. The predicted octanol–water partition coefficient (Wildman–Crippen LogP) is 0.685. The molecule has 2 rings (SSSR count). The van der Waals surface area contributed by atoms with Crippen molar-refractivity contribution in [3.05, 3.63) is 18.2 Å². The van der Waals surface area contributed by atoms with E-state index in [4.69, 9.17) is 5.11 Å². The summed E-state index contributed by atoms with van der Waals surface area (Å²) in [5.74, 6) is 0.621. The minimum atomic E-state index is 0.190. The number of nitrogens with zero attached hydrogens (tertiary/aromatic N) is 3. The molecule has 0 radical (unpaired) electrons. The van der Waals surface area contributed by atoms with Gasteiger partial charge in [-0.05, 0) is 33.0 Å². The molecule has 1 aliphatic heterocycles. The zero-order valence-corrected chi connectivity index (χ0v) is 9.26. The summed E-state index contributed by atoms with van der Waals surface area (Å²) in [5, 5.41) is 8.95. The van der Waals surface area contributed by atoms with Crippen LogP contribution in [0.3, 0.4) is 0 Å². The molecule has 1 aromatic heterocycles. The second-order valence-electron chi connectivity index (χ2n) is 4.31. The van der Waals surface area contributed by atoms with E-state index in [0.29, 0.717) is 12.5 Å². The Balaban J connectivity index is 2.05. The molecule has 1 saturated heterocycles. The summed E-state index contributed by atoms with van der Waals surface area (Å²) in [5.41, 5.74) is 1.29. The second-order valence-corrected chi connectivity index (χ2v) is 4.31. The van der Waals surface area contributed by atoms with E-state index < -0.39 is 0 Å². The summed E-state index contributed by atoms with van der Waals surface area (Å²) in [6.07, 6.45) is 6.18. The fourth-order valence-electron chi connectivity index (χ4n) is 2.27. The molecule has 4 nitrogen and oxygen atoms in total. The molecule has 1 aliphatic rings. The van der Waals surface area contributed by atoms with Gasteiger partial charge in [0.15, 0.2) is 0 Å². The van der Waals surface area contributed by atoms with Gasteiger partial charge in [-0.25, -0.2) is 4.98 Å². The largest absolute Gasteiger partial charge is 0.395 e. The van der Waals surface area contributed by atoms with Gasteiger partial charge in [0.1, 0.15) is 0 Å². The molecule has 0 amide bonds. The number of imidazole rings is 1. The van der Waals surface area contributed by atoms with Crippen LogP contribution in [-0.4, -0.2) is 46.3 Å². The van der Waals surface area contributed by atoms with Gasteiger partial charge < -0.3 is 14.6 Å². The Kier molecular flexibility index (Phi) is 3.38. The van der Waals surface area contributed by atoms with Crippen molar-refractivity contribution in [2.75, 3.05) is 26.7 Å². The van der Waals surface area contributed by atoms with E-state index >= 15 is 0 Å². The topological polar surface area (TPSA) is 41.3 Å². The molecule has 1 fully saturated rings. The average Bonchev–Trinajstić information content (AvgIpc) is 2.68. The molecule has 1 N–H and O–H groups in total. The molecular weight excluding hydrogens is 190 g/mol. The van der Waals surface area contributed by atoms with Gasteiger partial charge in [0, 0.05) is 24.4 Å². The monoisotopic (exact) mass is 209 g/mol. The van der Waals surface area contributed by atoms with Gasteiger partial charge in [-0.2, -0.15) is 0 Å². The van der Waals surface area contributed by atoms with Crippen LogP contribution in [0.15, 0.2) is 12.5 Å². The first-order valence-corrected chi connectivity index (χ1v) is 5.60. The van der Waals surface area contributed by atoms with Gasteiger partial charge in [-0.3, -0.25) is 0 Å². The highest BCUT2D eigenvalue weighted by molar-refractivity contribution is 5.07. The first-order chi connectivity index (χ1) is 7.31. The molecule has 0 spiro atoms. The summed E-state index contributed by atoms with van der Waals surface area (Å²) < 4.78 is 2.08. The molecule has 4 heteroatoms. The van der Waals surface area contributed by atoms with Crippen LogP contribution in [0, 0.1) is 0 Å². The third kappa shape index (κ3) is 2.38. The number of rotatable bonds is 3. The molecular formula is C11H19N3O. The molecule has 15 heavy (non-hydrogen) atoms. The van der Waals surface area contributed by atoms with Crippen LogP contribution >= 0.6 is 0 Å². The van der Waals surface area contributed by atoms with Crippen LogP contribution in [0.1, 0.15) is 24.5 Å². The first kappa shape index (κ1) is 10.6. The lowest BCUT2D eigenvalue weighted by Gasteiger charge is -2.29. The zero-order valence-electron chi connectivity index (χ0n) is 9.26. The Morgan fingerprint density at radius 3 is 2.87 bits per heavy atom. The van der Waals surface area contributed by atoms with E-state index in [-0.39, 0.29) is 6.61 Å². The zero-order chi connectivity index (χ0) is 10.7. The summed E-state index contributed by atoms with van der Waals surface area (Å²) >= 11 is 0. The number of hydrogen-bond donors (Lipinski definition) is 1. The lowest BCUT2D eigenvalue weighted by atomic mass is 9.94. The molecule has 0 saturated carbocycles. The average molecular weight is 209 g/mol. The number of piperidine rings is 1. The van der Waals surface area contributed by atoms with Crippen LogP contribution in [0.2, 0.25) is 0 Å². The minimum Gasteiger partial charge on any atom is -0.395 e. The summed E-state index contributed by atoms with van der Waals surface area (Å²) in [6.45, 7) is 3.18. The predicted molar refractivity (Wildman–Crippen MR) is 58.8 cm³/mol. The molecule has 2 heterocycles. The molecule has 0 atom stereocenters. The van der Waals surface area contributed by atoms with Crippen molar-refractivity contribution in [1.82, 2.24) is 14.5 Å². The van der Waals surface area contributed by atoms with Crippen molar-refractivity contribution in [2.45, 2.75) is 25.3 Å². The summed E-state index contributed by atoms with van der Waals surface area (Å²) in [7, 11) is 2.17. The Labute approximate surface area is 90.5 Å². The van der Waals surface area contributed by atoms with Crippen LogP contribution in [0.5, 0.6) is 0 Å². The van der Waals surface area contributed by atoms with Crippen LogP contribution < -0.4 is 0 Å². The number of likely N-dealkylation sites (tertiary alicyclic amines) is 1. The fourth-order valence-corrected chi connectivity index (χ4v) is 2.27. The maximum Gasteiger partial charge on any atom is 0.0949 e. The first-order valence-electron chi connectivity index (χ1n) is 5.60. The van der Waals surface area contributed by atoms with Gasteiger partial charge in [0.05, 0.1) is 12.9 Å². The van der Waals surface area contributed by atoms with Crippen molar-refractivity contribution in [2.24, 2.45) is 0 Å².